The van der Waals surface area contributed by atoms with Gasteiger partial charge in [0.05, 0.1) is 9.72 Å². The third kappa shape index (κ3) is 9.47. The SMILES string of the molecule is CCc1ccc(Cc2cc(Br)cc(Br)c2O[C@@H]2S[C@H](COC(C)=O)[C@@H](OC(C)=O)[C@H](OC(C)=O)[C@H]2OC(C)=O)cc1. The van der Waals surface area contributed by atoms with E-state index < -0.39 is 52.9 Å². The lowest BCUT2D eigenvalue weighted by molar-refractivity contribution is -0.190. The number of hydrogen-bond acceptors (Lipinski definition) is 10. The molecule has 12 heteroatoms. The third-order valence-electron chi connectivity index (χ3n) is 6.09. The van der Waals surface area contributed by atoms with E-state index in [0.29, 0.717) is 16.6 Å². The average Bonchev–Trinajstić information content (AvgIpc) is 2.87. The first-order valence-corrected chi connectivity index (χ1v) is 15.4. The van der Waals surface area contributed by atoms with Crippen LogP contribution in [0.5, 0.6) is 5.75 Å². The van der Waals surface area contributed by atoms with Crippen LogP contribution in [0.3, 0.4) is 0 Å². The fourth-order valence-electron chi connectivity index (χ4n) is 4.39. The minimum absolute atomic E-state index is 0.166. The number of hydrogen-bond donors (Lipinski definition) is 0. The van der Waals surface area contributed by atoms with Gasteiger partial charge in [-0.3, -0.25) is 19.2 Å². The van der Waals surface area contributed by atoms with Gasteiger partial charge in [0.15, 0.2) is 23.7 Å². The zero-order chi connectivity index (χ0) is 30.3. The van der Waals surface area contributed by atoms with Crippen molar-refractivity contribution in [2.24, 2.45) is 0 Å². The molecule has 0 unspecified atom stereocenters. The van der Waals surface area contributed by atoms with E-state index in [1.165, 1.54) is 33.3 Å². The molecule has 2 aromatic rings. The largest absolute Gasteiger partial charge is 0.474 e. The molecule has 41 heavy (non-hydrogen) atoms. The van der Waals surface area contributed by atoms with E-state index >= 15 is 0 Å². The van der Waals surface area contributed by atoms with Crippen LogP contribution in [-0.2, 0) is 51.0 Å². The van der Waals surface area contributed by atoms with Crippen LogP contribution >= 0.6 is 43.6 Å². The van der Waals surface area contributed by atoms with Gasteiger partial charge in [-0.2, -0.15) is 0 Å². The lowest BCUT2D eigenvalue weighted by Gasteiger charge is -2.43. The second kappa shape index (κ2) is 15.1. The molecule has 5 atom stereocenters. The smallest absolute Gasteiger partial charge is 0.303 e. The molecule has 2 aromatic carbocycles. The number of thioether (sulfide) groups is 1. The summed E-state index contributed by atoms with van der Waals surface area (Å²) in [5, 5.41) is -0.705. The summed E-state index contributed by atoms with van der Waals surface area (Å²) in [6.45, 7) is 6.81. The molecule has 0 radical (unpaired) electrons. The van der Waals surface area contributed by atoms with Crippen LogP contribution in [-0.4, -0.2) is 59.5 Å². The van der Waals surface area contributed by atoms with Crippen molar-refractivity contribution in [3.8, 4) is 5.75 Å². The summed E-state index contributed by atoms with van der Waals surface area (Å²) >= 11 is 8.30. The van der Waals surface area contributed by atoms with Crippen molar-refractivity contribution >= 4 is 67.5 Å². The van der Waals surface area contributed by atoms with E-state index in [1.807, 2.05) is 12.1 Å². The van der Waals surface area contributed by atoms with Crippen LogP contribution in [0.25, 0.3) is 0 Å². The number of ether oxygens (including phenoxy) is 5. The highest BCUT2D eigenvalue weighted by atomic mass is 79.9. The fraction of sp³-hybridized carbons (Fsp3) is 0.448. The molecule has 0 bridgehead atoms. The van der Waals surface area contributed by atoms with Crippen molar-refractivity contribution in [1.82, 2.24) is 0 Å². The molecular formula is C29H32Br2O9S. The summed E-state index contributed by atoms with van der Waals surface area (Å²) in [5.41, 5.74) is 2.18. The highest BCUT2D eigenvalue weighted by molar-refractivity contribution is 9.11. The molecule has 9 nitrogen and oxygen atoms in total. The van der Waals surface area contributed by atoms with Gasteiger partial charge >= 0.3 is 23.9 Å². The first-order valence-electron chi connectivity index (χ1n) is 12.9. The Kier molecular flexibility index (Phi) is 12.1. The predicted molar refractivity (Wildman–Crippen MR) is 160 cm³/mol. The molecule has 0 spiro atoms. The van der Waals surface area contributed by atoms with Gasteiger partial charge in [-0.05, 0) is 45.6 Å². The Morgan fingerprint density at radius 1 is 0.780 bits per heavy atom. The molecular weight excluding hydrogens is 684 g/mol. The second-order valence-electron chi connectivity index (χ2n) is 9.41. The van der Waals surface area contributed by atoms with Gasteiger partial charge in [-0.25, -0.2) is 0 Å². The number of rotatable bonds is 10. The number of aryl methyl sites for hydroxylation is 1. The minimum Gasteiger partial charge on any atom is -0.474 e. The Morgan fingerprint density at radius 2 is 1.34 bits per heavy atom. The number of esters is 4. The molecule has 0 N–H and O–H groups in total. The van der Waals surface area contributed by atoms with Crippen LogP contribution in [0, 0.1) is 0 Å². The molecule has 0 aromatic heterocycles. The summed E-state index contributed by atoms with van der Waals surface area (Å²) in [4.78, 5) is 48.1. The predicted octanol–water partition coefficient (Wildman–Crippen LogP) is 5.54. The van der Waals surface area contributed by atoms with Gasteiger partial charge in [0.2, 0.25) is 0 Å². The summed E-state index contributed by atoms with van der Waals surface area (Å²) in [7, 11) is 0. The van der Waals surface area contributed by atoms with Gasteiger partial charge in [0.25, 0.3) is 0 Å². The number of halogens is 2. The summed E-state index contributed by atoms with van der Waals surface area (Å²) < 4.78 is 30.0. The Bertz CT molecular complexity index is 1270. The maximum atomic E-state index is 12.2. The zero-order valence-electron chi connectivity index (χ0n) is 23.3. The van der Waals surface area contributed by atoms with Crippen molar-refractivity contribution in [2.45, 2.75) is 76.5 Å². The first-order chi connectivity index (χ1) is 19.4. The van der Waals surface area contributed by atoms with Crippen LogP contribution < -0.4 is 4.74 Å². The molecule has 0 amide bonds. The molecule has 1 saturated heterocycles. The topological polar surface area (TPSA) is 114 Å². The van der Waals surface area contributed by atoms with Crippen molar-refractivity contribution in [3.05, 3.63) is 62.0 Å². The lowest BCUT2D eigenvalue weighted by atomic mass is 10.0. The monoisotopic (exact) mass is 714 g/mol. The summed E-state index contributed by atoms with van der Waals surface area (Å²) in [5.74, 6) is -2.02. The van der Waals surface area contributed by atoms with Crippen LogP contribution in [0.15, 0.2) is 45.3 Å². The van der Waals surface area contributed by atoms with E-state index in [1.54, 1.807) is 0 Å². The normalized spacial score (nSPS) is 21.9. The highest BCUT2D eigenvalue weighted by Gasteiger charge is 2.53. The van der Waals surface area contributed by atoms with Gasteiger partial charge in [0, 0.05) is 44.2 Å². The van der Waals surface area contributed by atoms with Gasteiger partial charge in [-0.15, -0.1) is 11.8 Å². The van der Waals surface area contributed by atoms with E-state index in [0.717, 1.165) is 33.8 Å². The number of carbonyl (C=O) groups excluding carboxylic acids is 4. The maximum absolute atomic E-state index is 12.2. The standard InChI is InChI=1S/C29H32Br2O9S/c1-6-19-7-9-20(10-8-19)11-21-12-22(30)13-23(31)25(21)40-29-28(39-18(5)35)27(38-17(4)34)26(37-16(3)33)24(41-29)14-36-15(2)32/h7-10,12-13,24,26-29H,6,11,14H2,1-5H3/t24-,26-,27+,28-,29-/m1/s1. The van der Waals surface area contributed by atoms with E-state index in [2.05, 4.69) is 63.0 Å². The molecule has 3 rings (SSSR count). The number of carbonyl (C=O) groups is 4. The van der Waals surface area contributed by atoms with Crippen molar-refractivity contribution < 1.29 is 42.9 Å². The van der Waals surface area contributed by atoms with Crippen LogP contribution in [0.1, 0.15) is 51.3 Å². The lowest BCUT2D eigenvalue weighted by Crippen LogP contribution is -2.59. The van der Waals surface area contributed by atoms with Crippen LogP contribution in [0.4, 0.5) is 0 Å². The Labute approximate surface area is 260 Å². The Hall–Kier alpha value is -2.57. The van der Waals surface area contributed by atoms with Crippen LogP contribution in [0.2, 0.25) is 0 Å². The molecule has 1 fully saturated rings. The second-order valence-corrected chi connectivity index (χ2v) is 12.5. The molecule has 0 aliphatic carbocycles. The molecule has 1 aliphatic heterocycles. The fourth-order valence-corrected chi connectivity index (χ4v) is 7.17. The molecule has 222 valence electrons. The Morgan fingerprint density at radius 3 is 1.90 bits per heavy atom. The van der Waals surface area contributed by atoms with Crippen molar-refractivity contribution in [3.63, 3.8) is 0 Å². The Balaban J connectivity index is 2.06. The quantitative estimate of drug-likeness (QED) is 0.229. The van der Waals surface area contributed by atoms with Crippen molar-refractivity contribution in [1.29, 1.82) is 0 Å². The van der Waals surface area contributed by atoms with Gasteiger partial charge in [0.1, 0.15) is 12.4 Å². The zero-order valence-corrected chi connectivity index (χ0v) is 27.3. The van der Waals surface area contributed by atoms with Crippen molar-refractivity contribution in [2.75, 3.05) is 6.61 Å². The summed E-state index contributed by atoms with van der Waals surface area (Å²) in [6, 6.07) is 12.0. The molecule has 1 aliphatic rings. The maximum Gasteiger partial charge on any atom is 0.303 e. The number of benzene rings is 2. The summed E-state index contributed by atoms with van der Waals surface area (Å²) in [6.07, 6.45) is -2.01. The van der Waals surface area contributed by atoms with E-state index in [4.69, 9.17) is 23.7 Å². The minimum atomic E-state index is -1.23. The van der Waals surface area contributed by atoms with Gasteiger partial charge < -0.3 is 23.7 Å². The third-order valence-corrected chi connectivity index (χ3v) is 8.53. The van der Waals surface area contributed by atoms with Gasteiger partial charge in [-0.1, -0.05) is 47.1 Å². The first kappa shape index (κ1) is 32.9. The average molecular weight is 716 g/mol. The molecule has 0 saturated carbocycles. The van der Waals surface area contributed by atoms with E-state index in [-0.39, 0.29) is 6.61 Å². The highest BCUT2D eigenvalue weighted by Crippen LogP contribution is 2.42. The molecule has 1 heterocycles. The van der Waals surface area contributed by atoms with E-state index in [9.17, 15) is 19.2 Å².